The standard InChI is InChI=1S/C16H17NO2S/c1-12(18)14-11-20-15(17-14)16(7-9-19-10-8-16)13-5-3-2-4-6-13/h2-6,11H,7-10H2,1H3. The lowest BCUT2D eigenvalue weighted by atomic mass is 9.74. The van der Waals surface area contributed by atoms with Gasteiger partial charge in [-0.3, -0.25) is 4.79 Å². The summed E-state index contributed by atoms with van der Waals surface area (Å²) < 4.78 is 5.53. The molecule has 1 fully saturated rings. The van der Waals surface area contributed by atoms with Crippen molar-refractivity contribution in [2.45, 2.75) is 25.2 Å². The summed E-state index contributed by atoms with van der Waals surface area (Å²) in [6.45, 7) is 3.05. The lowest BCUT2D eigenvalue weighted by Gasteiger charge is -2.36. The lowest BCUT2D eigenvalue weighted by molar-refractivity contribution is 0.0630. The van der Waals surface area contributed by atoms with Crippen molar-refractivity contribution in [3.8, 4) is 0 Å². The molecule has 0 radical (unpaired) electrons. The largest absolute Gasteiger partial charge is 0.381 e. The van der Waals surface area contributed by atoms with Crippen molar-refractivity contribution >= 4 is 17.1 Å². The Hall–Kier alpha value is -1.52. The molecular weight excluding hydrogens is 270 g/mol. The van der Waals surface area contributed by atoms with Crippen LogP contribution in [0.3, 0.4) is 0 Å². The van der Waals surface area contributed by atoms with E-state index in [2.05, 4.69) is 29.2 Å². The maximum absolute atomic E-state index is 11.5. The van der Waals surface area contributed by atoms with Crippen molar-refractivity contribution in [1.82, 2.24) is 4.98 Å². The van der Waals surface area contributed by atoms with E-state index in [4.69, 9.17) is 4.74 Å². The third-order valence-corrected chi connectivity index (χ3v) is 4.99. The van der Waals surface area contributed by atoms with Crippen molar-refractivity contribution in [3.05, 3.63) is 52.0 Å². The number of ketones is 1. The van der Waals surface area contributed by atoms with Gasteiger partial charge in [-0.05, 0) is 18.4 Å². The molecule has 0 atom stereocenters. The molecule has 1 aliphatic rings. The minimum atomic E-state index is -0.0993. The van der Waals surface area contributed by atoms with Gasteiger partial charge in [0, 0.05) is 25.5 Å². The van der Waals surface area contributed by atoms with E-state index in [1.807, 2.05) is 11.4 Å². The van der Waals surface area contributed by atoms with Gasteiger partial charge in [-0.1, -0.05) is 30.3 Å². The maximum atomic E-state index is 11.5. The molecule has 0 unspecified atom stereocenters. The number of carbonyl (C=O) groups excluding carboxylic acids is 1. The highest BCUT2D eigenvalue weighted by Gasteiger charge is 2.39. The van der Waals surface area contributed by atoms with Gasteiger partial charge in [-0.15, -0.1) is 11.3 Å². The molecule has 1 aromatic carbocycles. The average Bonchev–Trinajstić information content (AvgIpc) is 2.99. The number of hydrogen-bond acceptors (Lipinski definition) is 4. The Morgan fingerprint density at radius 2 is 1.95 bits per heavy atom. The third-order valence-electron chi connectivity index (χ3n) is 3.95. The first-order valence-electron chi connectivity index (χ1n) is 6.82. The number of nitrogens with zero attached hydrogens (tertiary/aromatic N) is 1. The van der Waals surface area contributed by atoms with Crippen LogP contribution in [0.2, 0.25) is 0 Å². The van der Waals surface area contributed by atoms with E-state index in [1.54, 1.807) is 18.3 Å². The summed E-state index contributed by atoms with van der Waals surface area (Å²) in [6.07, 6.45) is 1.84. The molecule has 20 heavy (non-hydrogen) atoms. The van der Waals surface area contributed by atoms with E-state index >= 15 is 0 Å². The molecule has 0 bridgehead atoms. The Balaban J connectivity index is 2.07. The molecule has 3 rings (SSSR count). The first-order chi connectivity index (χ1) is 9.72. The topological polar surface area (TPSA) is 39.2 Å². The van der Waals surface area contributed by atoms with Gasteiger partial charge in [0.2, 0.25) is 0 Å². The van der Waals surface area contributed by atoms with Gasteiger partial charge in [0.1, 0.15) is 10.7 Å². The fourth-order valence-corrected chi connectivity index (χ4v) is 3.90. The Morgan fingerprint density at radius 1 is 1.25 bits per heavy atom. The van der Waals surface area contributed by atoms with E-state index in [9.17, 15) is 4.79 Å². The van der Waals surface area contributed by atoms with Crippen molar-refractivity contribution in [2.75, 3.05) is 13.2 Å². The van der Waals surface area contributed by atoms with Crippen LogP contribution in [0.15, 0.2) is 35.7 Å². The number of ether oxygens (including phenoxy) is 1. The van der Waals surface area contributed by atoms with E-state index < -0.39 is 0 Å². The van der Waals surface area contributed by atoms with Gasteiger partial charge in [-0.25, -0.2) is 4.98 Å². The first-order valence-corrected chi connectivity index (χ1v) is 7.70. The molecule has 0 saturated carbocycles. The third kappa shape index (κ3) is 2.30. The SMILES string of the molecule is CC(=O)c1csc(C2(c3ccccc3)CCOCC2)n1. The average molecular weight is 287 g/mol. The number of hydrogen-bond donors (Lipinski definition) is 0. The summed E-state index contributed by atoms with van der Waals surface area (Å²) in [7, 11) is 0. The van der Waals surface area contributed by atoms with Crippen LogP contribution >= 0.6 is 11.3 Å². The van der Waals surface area contributed by atoms with Gasteiger partial charge in [0.25, 0.3) is 0 Å². The van der Waals surface area contributed by atoms with E-state index in [-0.39, 0.29) is 11.2 Å². The second-order valence-electron chi connectivity index (χ2n) is 5.15. The highest BCUT2D eigenvalue weighted by molar-refractivity contribution is 7.10. The van der Waals surface area contributed by atoms with Gasteiger partial charge in [-0.2, -0.15) is 0 Å². The van der Waals surface area contributed by atoms with Gasteiger partial charge >= 0.3 is 0 Å². The van der Waals surface area contributed by atoms with Crippen LogP contribution in [-0.2, 0) is 10.2 Å². The molecule has 4 heteroatoms. The number of benzene rings is 1. The molecular formula is C16H17NO2S. The van der Waals surface area contributed by atoms with Crippen LogP contribution in [0, 0.1) is 0 Å². The Kier molecular flexibility index (Phi) is 3.68. The molecule has 3 nitrogen and oxygen atoms in total. The zero-order chi connectivity index (χ0) is 14.0. The van der Waals surface area contributed by atoms with E-state index in [1.165, 1.54) is 5.56 Å². The highest BCUT2D eigenvalue weighted by atomic mass is 32.1. The van der Waals surface area contributed by atoms with Gasteiger partial charge in [0.15, 0.2) is 5.78 Å². The second kappa shape index (κ2) is 5.46. The lowest BCUT2D eigenvalue weighted by Crippen LogP contribution is -2.35. The van der Waals surface area contributed by atoms with Crippen LogP contribution in [-0.4, -0.2) is 24.0 Å². The van der Waals surface area contributed by atoms with Gasteiger partial charge < -0.3 is 4.74 Å². The zero-order valence-electron chi connectivity index (χ0n) is 11.5. The smallest absolute Gasteiger partial charge is 0.178 e. The highest BCUT2D eigenvalue weighted by Crippen LogP contribution is 2.42. The predicted molar refractivity (Wildman–Crippen MR) is 79.4 cm³/mol. The van der Waals surface area contributed by atoms with Crippen LogP contribution in [0.1, 0.15) is 40.8 Å². The number of Topliss-reactive ketones (excluding diaryl/α,β-unsaturated/α-hetero) is 1. The fourth-order valence-electron chi connectivity index (χ4n) is 2.76. The quantitative estimate of drug-likeness (QED) is 0.812. The minimum Gasteiger partial charge on any atom is -0.381 e. The van der Waals surface area contributed by atoms with Crippen molar-refractivity contribution < 1.29 is 9.53 Å². The summed E-state index contributed by atoms with van der Waals surface area (Å²) in [4.78, 5) is 16.1. The number of aromatic nitrogens is 1. The second-order valence-corrected chi connectivity index (χ2v) is 6.01. The summed E-state index contributed by atoms with van der Waals surface area (Å²) in [5.74, 6) is 0.0303. The fraction of sp³-hybridized carbons (Fsp3) is 0.375. The van der Waals surface area contributed by atoms with Crippen LogP contribution in [0.25, 0.3) is 0 Å². The summed E-state index contributed by atoms with van der Waals surface area (Å²) >= 11 is 1.59. The maximum Gasteiger partial charge on any atom is 0.178 e. The Labute approximate surface area is 122 Å². The molecule has 2 aromatic rings. The van der Waals surface area contributed by atoms with Gasteiger partial charge in [0.05, 0.1) is 5.41 Å². The molecule has 1 saturated heterocycles. The molecule has 0 N–H and O–H groups in total. The number of thiazole rings is 1. The molecule has 0 aliphatic carbocycles. The molecule has 0 spiro atoms. The summed E-state index contributed by atoms with van der Waals surface area (Å²) in [5, 5.41) is 2.91. The van der Waals surface area contributed by atoms with E-state index in [0.29, 0.717) is 5.69 Å². The molecule has 1 aromatic heterocycles. The predicted octanol–water partition coefficient (Wildman–Crippen LogP) is 3.44. The van der Waals surface area contributed by atoms with Crippen molar-refractivity contribution in [1.29, 1.82) is 0 Å². The zero-order valence-corrected chi connectivity index (χ0v) is 12.3. The number of carbonyl (C=O) groups is 1. The molecule has 1 aliphatic heterocycles. The monoisotopic (exact) mass is 287 g/mol. The van der Waals surface area contributed by atoms with Crippen molar-refractivity contribution in [3.63, 3.8) is 0 Å². The normalized spacial score (nSPS) is 17.9. The van der Waals surface area contributed by atoms with E-state index in [0.717, 1.165) is 31.1 Å². The Morgan fingerprint density at radius 3 is 2.55 bits per heavy atom. The van der Waals surface area contributed by atoms with Crippen molar-refractivity contribution in [2.24, 2.45) is 0 Å². The molecule has 2 heterocycles. The summed E-state index contributed by atoms with van der Waals surface area (Å²) in [6, 6.07) is 10.5. The van der Waals surface area contributed by atoms with Crippen LogP contribution < -0.4 is 0 Å². The van der Waals surface area contributed by atoms with Crippen LogP contribution in [0.4, 0.5) is 0 Å². The van der Waals surface area contributed by atoms with Crippen LogP contribution in [0.5, 0.6) is 0 Å². The minimum absolute atomic E-state index is 0.0303. The number of rotatable bonds is 3. The molecule has 104 valence electrons. The molecule has 0 amide bonds. The summed E-state index contributed by atoms with van der Waals surface area (Å²) in [5.41, 5.74) is 1.75. The Bertz CT molecular complexity index is 600. The first kappa shape index (κ1) is 13.5.